The third kappa shape index (κ3) is 52.8. The molecule has 0 heterocycles. The molecule has 4 N–H and O–H groups in total. The van der Waals surface area contributed by atoms with Gasteiger partial charge in [-0.05, 0) is 86.9 Å². The second kappa shape index (κ2) is 37.3. The summed E-state index contributed by atoms with van der Waals surface area (Å²) < 4.78 is 21.2. The van der Waals surface area contributed by atoms with Gasteiger partial charge in [0.05, 0.1) is 37.0 Å². The molecule has 0 amide bonds. The molecular weight excluding hydrogens is 765 g/mol. The zero-order chi connectivity index (χ0) is 44.3. The van der Waals surface area contributed by atoms with Crippen LogP contribution in [0, 0.1) is 22.7 Å². The molecule has 0 saturated carbocycles. The first kappa shape index (κ1) is 62.0. The summed E-state index contributed by atoms with van der Waals surface area (Å²) in [6, 6.07) is 0. The lowest BCUT2D eigenvalue weighted by Gasteiger charge is -2.28. The lowest BCUT2D eigenvalue weighted by atomic mass is 9.86. The fraction of sp³-hybridized carbons (Fsp3) is 1.00. The maximum atomic E-state index is 10.6. The van der Waals surface area contributed by atoms with E-state index in [1.165, 1.54) is 128 Å². The third-order valence-electron chi connectivity index (χ3n) is 11.0. The van der Waals surface area contributed by atoms with Crippen LogP contribution in [0.25, 0.3) is 0 Å². The Morgan fingerprint density at radius 1 is 0.386 bits per heavy atom. The summed E-state index contributed by atoms with van der Waals surface area (Å²) in [4.78, 5) is 34.8. The third-order valence-corrected chi connectivity index (χ3v) is 18.2. The Labute approximate surface area is 359 Å². The molecule has 0 bridgehead atoms. The average molecular weight is 872 g/mol. The van der Waals surface area contributed by atoms with Gasteiger partial charge >= 0.3 is 15.2 Å². The van der Waals surface area contributed by atoms with E-state index in [1.54, 1.807) is 50.3 Å². The highest BCUT2D eigenvalue weighted by Crippen LogP contribution is 2.61. The molecule has 0 aliphatic carbocycles. The molecule has 2 atom stereocenters. The molecule has 9 heteroatoms. The molecule has 0 aliphatic rings. The van der Waals surface area contributed by atoms with Crippen molar-refractivity contribution in [3.05, 3.63) is 0 Å². The molecular formula is C48H106O6P3+. The van der Waals surface area contributed by atoms with E-state index in [0.29, 0.717) is 0 Å². The van der Waals surface area contributed by atoms with Crippen molar-refractivity contribution in [1.29, 1.82) is 0 Å². The Kier molecular flexibility index (Phi) is 40.6. The van der Waals surface area contributed by atoms with Crippen LogP contribution >= 0.6 is 22.5 Å². The standard InChI is InChI=1S/C32H68P.2C8H19O3P/c1-5-9-13-17-18-19-20-21-22-23-24-28-32-33(29-25-14-10-6-2,30-26-15-11-7-3)31-27-16-12-8-4;2*1-7(5-8(2,3)4)6-12(9,10)11/h5-32H2,1-4H3;2*7H,5-6H2,1-4H3,(H2,9,10,11)/q+1;;. The second-order valence-corrected chi connectivity index (χ2v) is 28.6. The van der Waals surface area contributed by atoms with Gasteiger partial charge in [0.15, 0.2) is 0 Å². The van der Waals surface area contributed by atoms with Crippen LogP contribution < -0.4 is 0 Å². The quantitative estimate of drug-likeness (QED) is 0.0378. The molecule has 2 unspecified atom stereocenters. The highest BCUT2D eigenvalue weighted by molar-refractivity contribution is 7.75. The van der Waals surface area contributed by atoms with Gasteiger partial charge in [-0.3, -0.25) is 9.13 Å². The Morgan fingerprint density at radius 2 is 0.579 bits per heavy atom. The first-order chi connectivity index (χ1) is 26.4. The normalized spacial score (nSPS) is 13.8. The van der Waals surface area contributed by atoms with E-state index in [9.17, 15) is 9.13 Å². The fourth-order valence-electron chi connectivity index (χ4n) is 8.61. The highest BCUT2D eigenvalue weighted by atomic mass is 31.2. The van der Waals surface area contributed by atoms with E-state index >= 15 is 0 Å². The van der Waals surface area contributed by atoms with Gasteiger partial charge in [0, 0.05) is 7.26 Å². The van der Waals surface area contributed by atoms with Crippen molar-refractivity contribution in [2.24, 2.45) is 22.7 Å². The SMILES string of the molecule is CC(CC(C)(C)C)CP(=O)(O)O.CC(CC(C)(C)C)CP(=O)(O)O.CCCCCCCCCCCCCC[P+](CCCCCC)(CCCCCC)CCCCCC. The lowest BCUT2D eigenvalue weighted by molar-refractivity contribution is 0.303. The zero-order valence-corrected chi connectivity index (χ0v) is 43.4. The molecule has 6 nitrogen and oxygen atoms in total. The van der Waals surface area contributed by atoms with Gasteiger partial charge in [-0.25, -0.2) is 0 Å². The minimum absolute atomic E-state index is 0.00424. The predicted octanol–water partition coefficient (Wildman–Crippen LogP) is 16.9. The minimum Gasteiger partial charge on any atom is -0.324 e. The van der Waals surface area contributed by atoms with Gasteiger partial charge in [0.2, 0.25) is 0 Å². The monoisotopic (exact) mass is 872 g/mol. The van der Waals surface area contributed by atoms with Crippen molar-refractivity contribution in [3.8, 4) is 0 Å². The average Bonchev–Trinajstić information content (AvgIpc) is 3.04. The molecule has 0 radical (unpaired) electrons. The zero-order valence-electron chi connectivity index (χ0n) is 40.7. The summed E-state index contributed by atoms with van der Waals surface area (Å²) in [5.41, 5.74) is 0.295. The van der Waals surface area contributed by atoms with Gasteiger partial charge in [-0.15, -0.1) is 0 Å². The van der Waals surface area contributed by atoms with Crippen molar-refractivity contribution < 1.29 is 28.7 Å². The molecule has 348 valence electrons. The number of rotatable bonds is 34. The Morgan fingerprint density at radius 3 is 0.772 bits per heavy atom. The van der Waals surface area contributed by atoms with Gasteiger partial charge in [0.1, 0.15) is 0 Å². The molecule has 0 aromatic heterocycles. The first-order valence-electron chi connectivity index (χ1n) is 24.4. The van der Waals surface area contributed by atoms with E-state index in [-0.39, 0.29) is 35.0 Å². The van der Waals surface area contributed by atoms with Crippen LogP contribution in [0.1, 0.15) is 250 Å². The van der Waals surface area contributed by atoms with E-state index in [1.807, 2.05) is 13.8 Å². The van der Waals surface area contributed by atoms with Gasteiger partial charge in [-0.2, -0.15) is 0 Å². The van der Waals surface area contributed by atoms with E-state index in [0.717, 1.165) is 12.8 Å². The highest BCUT2D eigenvalue weighted by Gasteiger charge is 2.35. The number of hydrogen-bond acceptors (Lipinski definition) is 2. The number of unbranched alkanes of at least 4 members (excludes halogenated alkanes) is 20. The minimum atomic E-state index is -3.81. The maximum Gasteiger partial charge on any atom is 0.325 e. The predicted molar refractivity (Wildman–Crippen MR) is 260 cm³/mol. The summed E-state index contributed by atoms with van der Waals surface area (Å²) in [5.74, 6) is 0.177. The molecule has 0 aliphatic heterocycles. The molecule has 0 aromatic rings. The van der Waals surface area contributed by atoms with Crippen molar-refractivity contribution in [2.45, 2.75) is 250 Å². The van der Waals surface area contributed by atoms with E-state index < -0.39 is 22.5 Å². The van der Waals surface area contributed by atoms with Crippen LogP contribution in [0.4, 0.5) is 0 Å². The van der Waals surface area contributed by atoms with Crippen LogP contribution in [0.5, 0.6) is 0 Å². The maximum absolute atomic E-state index is 10.6. The van der Waals surface area contributed by atoms with Gasteiger partial charge < -0.3 is 19.6 Å². The lowest BCUT2D eigenvalue weighted by Crippen LogP contribution is -2.13. The van der Waals surface area contributed by atoms with Crippen molar-refractivity contribution in [2.75, 3.05) is 37.0 Å². The fourth-order valence-corrected chi connectivity index (χ4v) is 15.4. The van der Waals surface area contributed by atoms with Crippen LogP contribution in [0.15, 0.2) is 0 Å². The largest absolute Gasteiger partial charge is 0.325 e. The molecule has 0 aromatic carbocycles. The van der Waals surface area contributed by atoms with Crippen LogP contribution in [-0.2, 0) is 9.13 Å². The summed E-state index contributed by atoms with van der Waals surface area (Å²) in [6.07, 6.45) is 43.8. The molecule has 0 rings (SSSR count). The van der Waals surface area contributed by atoms with Gasteiger partial charge in [-0.1, -0.05) is 186 Å². The summed E-state index contributed by atoms with van der Waals surface area (Å²) in [5, 5.41) is 0. The summed E-state index contributed by atoms with van der Waals surface area (Å²) >= 11 is 0. The van der Waals surface area contributed by atoms with Crippen LogP contribution in [-0.4, -0.2) is 56.5 Å². The van der Waals surface area contributed by atoms with Crippen molar-refractivity contribution >= 4 is 22.5 Å². The van der Waals surface area contributed by atoms with E-state index in [4.69, 9.17) is 19.6 Å². The topological polar surface area (TPSA) is 115 Å². The molecule has 0 fully saturated rings. The van der Waals surface area contributed by atoms with E-state index in [2.05, 4.69) is 69.2 Å². The molecule has 0 saturated heterocycles. The van der Waals surface area contributed by atoms with Crippen molar-refractivity contribution in [1.82, 2.24) is 0 Å². The Hall–Kier alpha value is 0.730. The molecule has 57 heavy (non-hydrogen) atoms. The molecule has 0 spiro atoms. The summed E-state index contributed by atoms with van der Waals surface area (Å²) in [6.45, 7) is 25.6. The van der Waals surface area contributed by atoms with Crippen LogP contribution in [0.2, 0.25) is 0 Å². The van der Waals surface area contributed by atoms with Gasteiger partial charge in [0.25, 0.3) is 0 Å². The number of hydrogen-bond donors (Lipinski definition) is 4. The Bertz CT molecular complexity index is 876. The Balaban J connectivity index is -0.000000984. The summed E-state index contributed by atoms with van der Waals surface area (Å²) in [7, 11) is -8.31. The first-order valence-corrected chi connectivity index (χ1v) is 30.5. The smallest absolute Gasteiger partial charge is 0.324 e. The van der Waals surface area contributed by atoms with Crippen LogP contribution in [0.3, 0.4) is 0 Å². The van der Waals surface area contributed by atoms with Crippen molar-refractivity contribution in [3.63, 3.8) is 0 Å². The second-order valence-electron chi connectivity index (χ2n) is 20.7.